The van der Waals surface area contributed by atoms with E-state index in [0.29, 0.717) is 23.2 Å². The predicted molar refractivity (Wildman–Crippen MR) is 80.4 cm³/mol. The molecule has 3 rings (SSSR count). The van der Waals surface area contributed by atoms with E-state index >= 15 is 0 Å². The second kappa shape index (κ2) is 5.28. The fraction of sp³-hybridized carbons (Fsp3) is 0.625. The molecule has 1 aromatic rings. The van der Waals surface area contributed by atoms with E-state index in [1.165, 1.54) is 18.9 Å². The molecule has 0 aromatic heterocycles. The molecule has 1 aromatic carbocycles. The largest absolute Gasteiger partial charge is 0.311 e. The zero-order chi connectivity index (χ0) is 14.3. The van der Waals surface area contributed by atoms with Gasteiger partial charge in [-0.1, -0.05) is 11.6 Å². The standard InChI is InChI=1S/C16H22ClFN2/c1-11-8-20(16(2,10-19-11)13-3-4-13)9-12-7-14(17)5-6-15(12)18/h5-7,11,13,19H,3-4,8-10H2,1-2H3. The molecule has 2 nitrogen and oxygen atoms in total. The maximum absolute atomic E-state index is 14.0. The average molecular weight is 297 g/mol. The first-order valence-corrected chi connectivity index (χ1v) is 7.79. The van der Waals surface area contributed by atoms with Gasteiger partial charge in [0.25, 0.3) is 0 Å². The molecule has 1 aliphatic heterocycles. The first-order valence-electron chi connectivity index (χ1n) is 7.41. The van der Waals surface area contributed by atoms with Crippen LogP contribution in [0.25, 0.3) is 0 Å². The molecule has 1 saturated heterocycles. The van der Waals surface area contributed by atoms with E-state index in [9.17, 15) is 4.39 Å². The van der Waals surface area contributed by atoms with E-state index in [-0.39, 0.29) is 11.4 Å². The fourth-order valence-corrected chi connectivity index (χ4v) is 3.51. The Balaban J connectivity index is 1.84. The highest BCUT2D eigenvalue weighted by molar-refractivity contribution is 6.30. The van der Waals surface area contributed by atoms with Crippen LogP contribution in [0.1, 0.15) is 32.3 Å². The van der Waals surface area contributed by atoms with Crippen molar-refractivity contribution in [2.75, 3.05) is 13.1 Å². The Morgan fingerprint density at radius 3 is 2.90 bits per heavy atom. The highest BCUT2D eigenvalue weighted by Crippen LogP contribution is 2.44. The lowest BCUT2D eigenvalue weighted by Crippen LogP contribution is -2.63. The van der Waals surface area contributed by atoms with Crippen molar-refractivity contribution in [3.63, 3.8) is 0 Å². The molecule has 110 valence electrons. The summed E-state index contributed by atoms with van der Waals surface area (Å²) in [6.45, 7) is 7.09. The van der Waals surface area contributed by atoms with Crippen molar-refractivity contribution in [2.24, 2.45) is 5.92 Å². The smallest absolute Gasteiger partial charge is 0.127 e. The maximum Gasteiger partial charge on any atom is 0.127 e. The van der Waals surface area contributed by atoms with Crippen LogP contribution in [-0.4, -0.2) is 29.6 Å². The zero-order valence-corrected chi connectivity index (χ0v) is 12.9. The van der Waals surface area contributed by atoms with Gasteiger partial charge in [-0.2, -0.15) is 0 Å². The number of rotatable bonds is 3. The van der Waals surface area contributed by atoms with Crippen molar-refractivity contribution in [3.8, 4) is 0 Å². The van der Waals surface area contributed by atoms with Gasteiger partial charge in [0.05, 0.1) is 0 Å². The monoisotopic (exact) mass is 296 g/mol. The van der Waals surface area contributed by atoms with Crippen LogP contribution in [0.15, 0.2) is 18.2 Å². The quantitative estimate of drug-likeness (QED) is 0.919. The Bertz CT molecular complexity index is 503. The van der Waals surface area contributed by atoms with E-state index < -0.39 is 0 Å². The Morgan fingerprint density at radius 2 is 2.20 bits per heavy atom. The Kier molecular flexibility index (Phi) is 3.78. The lowest BCUT2D eigenvalue weighted by molar-refractivity contribution is 0.0303. The van der Waals surface area contributed by atoms with Crippen LogP contribution in [0.3, 0.4) is 0 Å². The van der Waals surface area contributed by atoms with Gasteiger partial charge < -0.3 is 5.32 Å². The number of nitrogens with one attached hydrogen (secondary N) is 1. The van der Waals surface area contributed by atoms with Gasteiger partial charge in [-0.15, -0.1) is 0 Å². The first-order chi connectivity index (χ1) is 9.49. The molecule has 1 N–H and O–H groups in total. The van der Waals surface area contributed by atoms with Crippen molar-refractivity contribution in [1.82, 2.24) is 10.2 Å². The molecule has 1 heterocycles. The molecule has 1 aliphatic carbocycles. The summed E-state index contributed by atoms with van der Waals surface area (Å²) in [5.41, 5.74) is 0.847. The SMILES string of the molecule is CC1CN(Cc2cc(Cl)ccc2F)C(C)(C2CC2)CN1. The molecule has 0 bridgehead atoms. The summed E-state index contributed by atoms with van der Waals surface area (Å²) in [5.74, 6) is 0.587. The minimum atomic E-state index is -0.154. The topological polar surface area (TPSA) is 15.3 Å². The summed E-state index contributed by atoms with van der Waals surface area (Å²) < 4.78 is 14.0. The van der Waals surface area contributed by atoms with E-state index in [1.807, 2.05) is 0 Å². The molecule has 0 radical (unpaired) electrons. The Labute approximate surface area is 125 Å². The summed E-state index contributed by atoms with van der Waals surface area (Å²) in [4.78, 5) is 2.45. The lowest BCUT2D eigenvalue weighted by Gasteiger charge is -2.48. The van der Waals surface area contributed by atoms with Crippen LogP contribution in [0.2, 0.25) is 5.02 Å². The van der Waals surface area contributed by atoms with Gasteiger partial charge in [-0.05, 0) is 50.8 Å². The van der Waals surface area contributed by atoms with Crippen LogP contribution in [0.5, 0.6) is 0 Å². The Morgan fingerprint density at radius 1 is 1.45 bits per heavy atom. The molecule has 2 atom stereocenters. The second-order valence-corrected chi connectivity index (χ2v) is 6.97. The molecular formula is C16H22ClFN2. The third-order valence-electron chi connectivity index (χ3n) is 4.85. The number of hydrogen-bond donors (Lipinski definition) is 1. The van der Waals surface area contributed by atoms with Gasteiger partial charge in [0.1, 0.15) is 5.82 Å². The summed E-state index contributed by atoms with van der Waals surface area (Å²) in [6, 6.07) is 5.29. The highest BCUT2D eigenvalue weighted by Gasteiger charge is 2.47. The predicted octanol–water partition coefficient (Wildman–Crippen LogP) is 3.44. The summed E-state index contributed by atoms with van der Waals surface area (Å²) in [5, 5.41) is 4.18. The number of piperazine rings is 1. The van der Waals surface area contributed by atoms with E-state index in [2.05, 4.69) is 24.1 Å². The molecule has 4 heteroatoms. The molecule has 0 amide bonds. The number of nitrogens with zero attached hydrogens (tertiary/aromatic N) is 1. The minimum Gasteiger partial charge on any atom is -0.311 e. The van der Waals surface area contributed by atoms with Crippen molar-refractivity contribution in [2.45, 2.75) is 44.8 Å². The van der Waals surface area contributed by atoms with Crippen molar-refractivity contribution in [3.05, 3.63) is 34.6 Å². The third-order valence-corrected chi connectivity index (χ3v) is 5.09. The van der Waals surface area contributed by atoms with Crippen molar-refractivity contribution in [1.29, 1.82) is 0 Å². The van der Waals surface area contributed by atoms with E-state index in [1.54, 1.807) is 12.1 Å². The first kappa shape index (κ1) is 14.3. The van der Waals surface area contributed by atoms with Crippen LogP contribution < -0.4 is 5.32 Å². The summed E-state index contributed by atoms with van der Waals surface area (Å²) in [6.07, 6.45) is 2.59. The molecule has 20 heavy (non-hydrogen) atoms. The zero-order valence-electron chi connectivity index (χ0n) is 12.1. The van der Waals surface area contributed by atoms with Crippen LogP contribution in [-0.2, 0) is 6.54 Å². The van der Waals surface area contributed by atoms with Crippen LogP contribution in [0, 0.1) is 11.7 Å². The van der Waals surface area contributed by atoms with Gasteiger partial charge in [0.15, 0.2) is 0 Å². The average Bonchev–Trinajstić information content (AvgIpc) is 3.23. The molecule has 2 aliphatic rings. The van der Waals surface area contributed by atoms with Gasteiger partial charge in [0, 0.05) is 41.8 Å². The van der Waals surface area contributed by atoms with Gasteiger partial charge in [-0.3, -0.25) is 4.90 Å². The number of hydrogen-bond acceptors (Lipinski definition) is 2. The molecule has 2 unspecified atom stereocenters. The normalized spacial score (nSPS) is 31.5. The maximum atomic E-state index is 14.0. The minimum absolute atomic E-state index is 0.140. The lowest BCUT2D eigenvalue weighted by atomic mass is 9.89. The highest BCUT2D eigenvalue weighted by atomic mass is 35.5. The van der Waals surface area contributed by atoms with Crippen molar-refractivity contribution < 1.29 is 4.39 Å². The second-order valence-electron chi connectivity index (χ2n) is 6.53. The van der Waals surface area contributed by atoms with Gasteiger partial charge in [-0.25, -0.2) is 4.39 Å². The molecule has 1 saturated carbocycles. The van der Waals surface area contributed by atoms with Gasteiger partial charge >= 0.3 is 0 Å². The fourth-order valence-electron chi connectivity index (χ4n) is 3.32. The van der Waals surface area contributed by atoms with Gasteiger partial charge in [0.2, 0.25) is 0 Å². The van der Waals surface area contributed by atoms with Crippen LogP contribution >= 0.6 is 11.6 Å². The van der Waals surface area contributed by atoms with Crippen LogP contribution in [0.4, 0.5) is 4.39 Å². The van der Waals surface area contributed by atoms with E-state index in [4.69, 9.17) is 11.6 Å². The molecular weight excluding hydrogens is 275 g/mol. The van der Waals surface area contributed by atoms with Crippen molar-refractivity contribution >= 4 is 11.6 Å². The third kappa shape index (κ3) is 2.72. The summed E-state index contributed by atoms with van der Waals surface area (Å²) in [7, 11) is 0. The molecule has 0 spiro atoms. The Hall–Kier alpha value is -0.640. The number of halogens is 2. The number of benzene rings is 1. The van der Waals surface area contributed by atoms with E-state index in [0.717, 1.165) is 19.0 Å². The summed E-state index contributed by atoms with van der Waals surface area (Å²) >= 11 is 6.01. The molecule has 2 fully saturated rings.